The molecule has 1 aromatic heterocycles. The predicted molar refractivity (Wildman–Crippen MR) is 86.3 cm³/mol. The van der Waals surface area contributed by atoms with Gasteiger partial charge in [0.15, 0.2) is 11.5 Å². The van der Waals surface area contributed by atoms with Gasteiger partial charge in [-0.05, 0) is 36.8 Å². The second-order valence-electron chi connectivity index (χ2n) is 5.49. The number of ether oxygens (including phenoxy) is 3. The van der Waals surface area contributed by atoms with Gasteiger partial charge in [0.05, 0.1) is 18.3 Å². The Morgan fingerprint density at radius 3 is 2.61 bits per heavy atom. The minimum atomic E-state index is 0.156. The van der Waals surface area contributed by atoms with Crippen LogP contribution < -0.4 is 14.2 Å². The van der Waals surface area contributed by atoms with Gasteiger partial charge in [0, 0.05) is 23.1 Å². The number of pyridine rings is 1. The summed E-state index contributed by atoms with van der Waals surface area (Å²) >= 11 is 0. The van der Waals surface area contributed by atoms with E-state index in [1.807, 2.05) is 25.1 Å². The highest BCUT2D eigenvalue weighted by molar-refractivity contribution is 5.90. The number of fused-ring (bicyclic) bond motifs is 2. The maximum absolute atomic E-state index is 10.4. The lowest BCUT2D eigenvalue weighted by Crippen LogP contribution is -1.92. The molecule has 4 rings (SSSR count). The summed E-state index contributed by atoms with van der Waals surface area (Å²) in [5.74, 6) is 2.18. The summed E-state index contributed by atoms with van der Waals surface area (Å²) < 4.78 is 16.0. The maximum Gasteiger partial charge on any atom is 0.231 e. The minimum Gasteiger partial charge on any atom is -0.507 e. The van der Waals surface area contributed by atoms with E-state index in [4.69, 9.17) is 14.2 Å². The van der Waals surface area contributed by atoms with Crippen molar-refractivity contribution in [1.82, 2.24) is 4.98 Å². The zero-order chi connectivity index (χ0) is 16.0. The monoisotopic (exact) mass is 309 g/mol. The zero-order valence-corrected chi connectivity index (χ0v) is 12.8. The second kappa shape index (κ2) is 5.05. The smallest absolute Gasteiger partial charge is 0.231 e. The molecule has 0 saturated heterocycles. The Balaban J connectivity index is 1.91. The third-order valence-electron chi connectivity index (χ3n) is 3.86. The SMILES string of the molecule is COc1cc(C)cc(-c2cc(O)c3cc4c(cc3n2)OCO4)c1. The molecule has 1 N–H and O–H groups in total. The van der Waals surface area contributed by atoms with E-state index in [0.717, 1.165) is 16.9 Å². The van der Waals surface area contributed by atoms with Crippen LogP contribution in [0.3, 0.4) is 0 Å². The fourth-order valence-corrected chi connectivity index (χ4v) is 2.76. The minimum absolute atomic E-state index is 0.156. The number of nitrogens with zero attached hydrogens (tertiary/aromatic N) is 1. The molecule has 0 bridgehead atoms. The predicted octanol–water partition coefficient (Wildman–Crippen LogP) is 3.65. The molecule has 0 aliphatic carbocycles. The molecule has 2 aromatic carbocycles. The molecule has 1 aliphatic rings. The first-order chi connectivity index (χ1) is 11.1. The molecule has 116 valence electrons. The van der Waals surface area contributed by atoms with Crippen LogP contribution in [0.25, 0.3) is 22.2 Å². The van der Waals surface area contributed by atoms with Crippen molar-refractivity contribution in [2.45, 2.75) is 6.92 Å². The van der Waals surface area contributed by atoms with E-state index >= 15 is 0 Å². The Labute approximate surface area is 133 Å². The molecule has 0 saturated carbocycles. The van der Waals surface area contributed by atoms with Gasteiger partial charge in [-0.1, -0.05) is 0 Å². The van der Waals surface area contributed by atoms with Crippen LogP contribution >= 0.6 is 0 Å². The van der Waals surface area contributed by atoms with Gasteiger partial charge >= 0.3 is 0 Å². The van der Waals surface area contributed by atoms with Crippen molar-refractivity contribution in [3.8, 4) is 34.3 Å². The van der Waals surface area contributed by atoms with E-state index in [9.17, 15) is 5.11 Å². The van der Waals surface area contributed by atoms with Gasteiger partial charge < -0.3 is 19.3 Å². The van der Waals surface area contributed by atoms with E-state index in [-0.39, 0.29) is 12.5 Å². The summed E-state index contributed by atoms with van der Waals surface area (Å²) in [7, 11) is 1.63. The Bertz CT molecular complexity index is 921. The van der Waals surface area contributed by atoms with Crippen molar-refractivity contribution in [2.75, 3.05) is 13.9 Å². The Kier molecular flexibility index (Phi) is 3.01. The largest absolute Gasteiger partial charge is 0.507 e. The lowest BCUT2D eigenvalue weighted by atomic mass is 10.1. The number of aromatic hydroxyl groups is 1. The first-order valence-electron chi connectivity index (χ1n) is 7.23. The zero-order valence-electron chi connectivity index (χ0n) is 12.8. The molecule has 0 radical (unpaired) electrons. The summed E-state index contributed by atoms with van der Waals surface area (Å²) in [6, 6.07) is 11.0. The van der Waals surface area contributed by atoms with Crippen molar-refractivity contribution in [2.24, 2.45) is 0 Å². The van der Waals surface area contributed by atoms with Gasteiger partial charge in [-0.2, -0.15) is 0 Å². The number of methoxy groups -OCH3 is 1. The maximum atomic E-state index is 10.4. The third kappa shape index (κ3) is 2.30. The number of hydrogen-bond acceptors (Lipinski definition) is 5. The van der Waals surface area contributed by atoms with Crippen molar-refractivity contribution >= 4 is 10.9 Å². The third-order valence-corrected chi connectivity index (χ3v) is 3.86. The number of benzene rings is 2. The fraction of sp³-hybridized carbons (Fsp3) is 0.167. The fourth-order valence-electron chi connectivity index (χ4n) is 2.76. The molecule has 3 aromatic rings. The molecule has 5 nitrogen and oxygen atoms in total. The van der Waals surface area contributed by atoms with Crippen molar-refractivity contribution < 1.29 is 19.3 Å². The topological polar surface area (TPSA) is 60.8 Å². The standard InChI is InChI=1S/C18H15NO4/c1-10-3-11(5-12(4-10)21-2)14-7-16(20)13-6-17-18(23-9-22-17)8-15(13)19-14/h3-8H,9H2,1-2H3,(H,19,20). The van der Waals surface area contributed by atoms with Gasteiger partial charge in [-0.3, -0.25) is 0 Å². The number of hydrogen-bond donors (Lipinski definition) is 1. The highest BCUT2D eigenvalue weighted by Crippen LogP contribution is 2.39. The number of aryl methyl sites for hydroxylation is 1. The molecule has 0 amide bonds. The summed E-state index contributed by atoms with van der Waals surface area (Å²) in [6.07, 6.45) is 0. The van der Waals surface area contributed by atoms with E-state index in [2.05, 4.69) is 4.98 Å². The van der Waals surface area contributed by atoms with E-state index in [0.29, 0.717) is 28.1 Å². The molecule has 0 fully saturated rings. The van der Waals surface area contributed by atoms with Crippen LogP contribution in [0, 0.1) is 6.92 Å². The van der Waals surface area contributed by atoms with E-state index < -0.39 is 0 Å². The van der Waals surface area contributed by atoms with Crippen LogP contribution in [0.2, 0.25) is 0 Å². The quantitative estimate of drug-likeness (QED) is 0.783. The van der Waals surface area contributed by atoms with E-state index in [1.165, 1.54) is 0 Å². The summed E-state index contributed by atoms with van der Waals surface area (Å²) in [5, 5.41) is 11.0. The Hall–Kier alpha value is -2.95. The normalized spacial score (nSPS) is 12.6. The molecule has 0 atom stereocenters. The molecule has 23 heavy (non-hydrogen) atoms. The number of aromatic nitrogens is 1. The number of rotatable bonds is 2. The molecular formula is C18H15NO4. The summed E-state index contributed by atoms with van der Waals surface area (Å²) in [4.78, 5) is 4.65. The van der Waals surface area contributed by atoms with Gasteiger partial charge in [-0.25, -0.2) is 4.98 Å². The van der Waals surface area contributed by atoms with Gasteiger partial charge in [-0.15, -0.1) is 0 Å². The molecule has 0 unspecified atom stereocenters. The average molecular weight is 309 g/mol. The van der Waals surface area contributed by atoms with Crippen LogP contribution in [-0.2, 0) is 0 Å². The van der Waals surface area contributed by atoms with Crippen LogP contribution in [0.1, 0.15) is 5.56 Å². The summed E-state index contributed by atoms with van der Waals surface area (Å²) in [6.45, 7) is 2.18. The Morgan fingerprint density at radius 2 is 1.83 bits per heavy atom. The molecule has 1 aliphatic heterocycles. The van der Waals surface area contributed by atoms with Crippen molar-refractivity contribution in [3.63, 3.8) is 0 Å². The van der Waals surface area contributed by atoms with Gasteiger partial charge in [0.25, 0.3) is 0 Å². The van der Waals surface area contributed by atoms with E-state index in [1.54, 1.807) is 25.3 Å². The Morgan fingerprint density at radius 1 is 1.04 bits per heavy atom. The second-order valence-corrected chi connectivity index (χ2v) is 5.49. The van der Waals surface area contributed by atoms with Crippen LogP contribution in [0.5, 0.6) is 23.0 Å². The van der Waals surface area contributed by atoms with Crippen LogP contribution in [0.4, 0.5) is 0 Å². The molecule has 2 heterocycles. The molecular weight excluding hydrogens is 294 g/mol. The van der Waals surface area contributed by atoms with Crippen LogP contribution in [0.15, 0.2) is 36.4 Å². The lowest BCUT2D eigenvalue weighted by molar-refractivity contribution is 0.174. The van der Waals surface area contributed by atoms with Crippen LogP contribution in [-0.4, -0.2) is 24.0 Å². The lowest BCUT2D eigenvalue weighted by Gasteiger charge is -2.09. The van der Waals surface area contributed by atoms with Crippen molar-refractivity contribution in [1.29, 1.82) is 0 Å². The average Bonchev–Trinajstić information content (AvgIpc) is 2.99. The summed E-state index contributed by atoms with van der Waals surface area (Å²) in [5.41, 5.74) is 3.28. The molecule has 0 spiro atoms. The van der Waals surface area contributed by atoms with Gasteiger partial charge in [0.2, 0.25) is 6.79 Å². The highest BCUT2D eigenvalue weighted by atomic mass is 16.7. The first kappa shape index (κ1) is 13.7. The first-order valence-corrected chi connectivity index (χ1v) is 7.23. The van der Waals surface area contributed by atoms with Gasteiger partial charge in [0.1, 0.15) is 11.5 Å². The van der Waals surface area contributed by atoms with Crippen molar-refractivity contribution in [3.05, 3.63) is 42.0 Å². The molecule has 5 heteroatoms. The highest BCUT2D eigenvalue weighted by Gasteiger charge is 2.17.